The average Bonchev–Trinajstić information content (AvgIpc) is 2.16. The van der Waals surface area contributed by atoms with Gasteiger partial charge in [0.05, 0.1) is 0 Å². The van der Waals surface area contributed by atoms with Crippen molar-refractivity contribution in [2.45, 2.75) is 32.6 Å². The highest BCUT2D eigenvalue weighted by Gasteiger charge is 2.28. The molecule has 72 valence electrons. The third kappa shape index (κ3) is 2.20. The second-order valence-electron chi connectivity index (χ2n) is 3.97. The van der Waals surface area contributed by atoms with E-state index in [-0.39, 0.29) is 0 Å². The summed E-state index contributed by atoms with van der Waals surface area (Å²) in [7, 11) is 0. The van der Waals surface area contributed by atoms with Gasteiger partial charge in [-0.2, -0.15) is 0 Å². The van der Waals surface area contributed by atoms with Gasteiger partial charge >= 0.3 is 0 Å². The highest BCUT2D eigenvalue weighted by molar-refractivity contribution is 4.78. The van der Waals surface area contributed by atoms with Crippen molar-refractivity contribution in [2.24, 2.45) is 17.8 Å². The summed E-state index contributed by atoms with van der Waals surface area (Å²) in [5.41, 5.74) is 0. The van der Waals surface area contributed by atoms with Crippen LogP contribution in [0.1, 0.15) is 32.6 Å². The summed E-state index contributed by atoms with van der Waals surface area (Å²) in [5, 5.41) is 18.1. The lowest BCUT2D eigenvalue weighted by atomic mass is 9.73. The topological polar surface area (TPSA) is 40.5 Å². The molecule has 0 amide bonds. The Balaban J connectivity index is 2.41. The highest BCUT2D eigenvalue weighted by atomic mass is 16.3. The molecule has 0 spiro atoms. The molecule has 2 heteroatoms. The van der Waals surface area contributed by atoms with E-state index in [1.54, 1.807) is 0 Å². The molecule has 0 bridgehead atoms. The molecule has 0 aromatic carbocycles. The molecule has 0 saturated heterocycles. The van der Waals surface area contributed by atoms with E-state index in [0.29, 0.717) is 31.0 Å². The van der Waals surface area contributed by atoms with Gasteiger partial charge in [-0.05, 0) is 37.0 Å². The summed E-state index contributed by atoms with van der Waals surface area (Å²) in [6, 6.07) is 0. The van der Waals surface area contributed by atoms with E-state index >= 15 is 0 Å². The normalized spacial score (nSPS) is 36.8. The van der Waals surface area contributed by atoms with Crippen molar-refractivity contribution in [3.05, 3.63) is 0 Å². The second kappa shape index (κ2) is 4.83. The van der Waals surface area contributed by atoms with Crippen LogP contribution in [0.5, 0.6) is 0 Å². The minimum absolute atomic E-state index is 0.328. The molecule has 2 N–H and O–H groups in total. The van der Waals surface area contributed by atoms with E-state index in [1.807, 2.05) is 0 Å². The molecule has 0 aliphatic heterocycles. The van der Waals surface area contributed by atoms with E-state index in [0.717, 1.165) is 25.7 Å². The molecule has 0 aromatic rings. The van der Waals surface area contributed by atoms with Gasteiger partial charge in [0.15, 0.2) is 0 Å². The number of aliphatic hydroxyl groups is 2. The molecule has 3 atom stereocenters. The van der Waals surface area contributed by atoms with Gasteiger partial charge in [0.25, 0.3) is 0 Å². The van der Waals surface area contributed by atoms with E-state index in [4.69, 9.17) is 10.2 Å². The summed E-state index contributed by atoms with van der Waals surface area (Å²) in [6.45, 7) is 2.83. The average molecular weight is 172 g/mol. The Bertz CT molecular complexity index is 125. The first kappa shape index (κ1) is 10.0. The third-order valence-electron chi connectivity index (χ3n) is 3.27. The van der Waals surface area contributed by atoms with Crippen LogP contribution in [0.3, 0.4) is 0 Å². The number of hydrogen-bond donors (Lipinski definition) is 2. The van der Waals surface area contributed by atoms with Gasteiger partial charge in [-0.1, -0.05) is 13.3 Å². The van der Waals surface area contributed by atoms with E-state index in [9.17, 15) is 0 Å². The summed E-state index contributed by atoms with van der Waals surface area (Å²) in [6.07, 6.45) is 4.44. The van der Waals surface area contributed by atoms with Crippen LogP contribution in [0.4, 0.5) is 0 Å². The quantitative estimate of drug-likeness (QED) is 0.676. The van der Waals surface area contributed by atoms with E-state index in [1.165, 1.54) is 0 Å². The zero-order valence-electron chi connectivity index (χ0n) is 7.87. The molecule has 1 aliphatic carbocycles. The molecule has 3 unspecified atom stereocenters. The monoisotopic (exact) mass is 172 g/mol. The summed E-state index contributed by atoms with van der Waals surface area (Å²) in [5.74, 6) is 1.64. The maximum atomic E-state index is 9.09. The van der Waals surface area contributed by atoms with Gasteiger partial charge in [-0.3, -0.25) is 0 Å². The second-order valence-corrected chi connectivity index (χ2v) is 3.97. The minimum Gasteiger partial charge on any atom is -0.396 e. The van der Waals surface area contributed by atoms with Gasteiger partial charge in [0, 0.05) is 13.2 Å². The molecular formula is C10H20O2. The lowest BCUT2D eigenvalue weighted by Crippen LogP contribution is -2.28. The van der Waals surface area contributed by atoms with Crippen LogP contribution in [-0.4, -0.2) is 23.4 Å². The Morgan fingerprint density at radius 2 is 1.83 bits per heavy atom. The zero-order chi connectivity index (χ0) is 8.97. The van der Waals surface area contributed by atoms with Crippen molar-refractivity contribution < 1.29 is 10.2 Å². The fraction of sp³-hybridized carbons (Fsp3) is 1.00. The van der Waals surface area contributed by atoms with E-state index < -0.39 is 0 Å². The highest BCUT2D eigenvalue weighted by Crippen LogP contribution is 2.35. The number of rotatable bonds is 3. The summed E-state index contributed by atoms with van der Waals surface area (Å²) in [4.78, 5) is 0. The van der Waals surface area contributed by atoms with Crippen molar-refractivity contribution in [1.82, 2.24) is 0 Å². The Morgan fingerprint density at radius 1 is 1.08 bits per heavy atom. The zero-order valence-corrected chi connectivity index (χ0v) is 7.87. The molecule has 0 aromatic heterocycles. The number of aliphatic hydroxyl groups excluding tert-OH is 2. The maximum absolute atomic E-state index is 9.09. The van der Waals surface area contributed by atoms with Crippen molar-refractivity contribution in [1.29, 1.82) is 0 Å². The minimum atomic E-state index is 0.328. The third-order valence-corrected chi connectivity index (χ3v) is 3.27. The van der Waals surface area contributed by atoms with Gasteiger partial charge in [-0.15, -0.1) is 0 Å². The first-order chi connectivity index (χ1) is 5.81. The Labute approximate surface area is 74.6 Å². The first-order valence-electron chi connectivity index (χ1n) is 5.03. The summed E-state index contributed by atoms with van der Waals surface area (Å²) < 4.78 is 0. The molecular weight excluding hydrogens is 152 g/mol. The van der Waals surface area contributed by atoms with Crippen LogP contribution >= 0.6 is 0 Å². The molecule has 1 rings (SSSR count). The van der Waals surface area contributed by atoms with Gasteiger partial charge in [0.2, 0.25) is 0 Å². The van der Waals surface area contributed by atoms with Crippen molar-refractivity contribution in [3.8, 4) is 0 Å². The van der Waals surface area contributed by atoms with Crippen LogP contribution in [0.2, 0.25) is 0 Å². The standard InChI is InChI=1S/C10H20O2/c1-2-9-5-8(6-11)3-4-10(9)7-12/h8-12H,2-7H2,1H3. The lowest BCUT2D eigenvalue weighted by Gasteiger charge is -2.33. The Kier molecular flexibility index (Phi) is 4.02. The van der Waals surface area contributed by atoms with Crippen LogP contribution in [0.15, 0.2) is 0 Å². The molecule has 0 heterocycles. The number of hydrogen-bond acceptors (Lipinski definition) is 2. The molecule has 2 nitrogen and oxygen atoms in total. The predicted molar refractivity (Wildman–Crippen MR) is 48.8 cm³/mol. The first-order valence-corrected chi connectivity index (χ1v) is 5.03. The SMILES string of the molecule is CCC1CC(CO)CCC1CO. The molecule has 1 aliphatic rings. The van der Waals surface area contributed by atoms with Crippen molar-refractivity contribution >= 4 is 0 Å². The van der Waals surface area contributed by atoms with Crippen molar-refractivity contribution in [2.75, 3.05) is 13.2 Å². The van der Waals surface area contributed by atoms with Gasteiger partial charge in [0.1, 0.15) is 0 Å². The van der Waals surface area contributed by atoms with Gasteiger partial charge < -0.3 is 10.2 Å². The maximum Gasteiger partial charge on any atom is 0.0461 e. The fourth-order valence-electron chi connectivity index (χ4n) is 2.33. The van der Waals surface area contributed by atoms with Crippen LogP contribution in [-0.2, 0) is 0 Å². The smallest absolute Gasteiger partial charge is 0.0461 e. The van der Waals surface area contributed by atoms with Gasteiger partial charge in [-0.25, -0.2) is 0 Å². The fourth-order valence-corrected chi connectivity index (χ4v) is 2.33. The van der Waals surface area contributed by atoms with Crippen LogP contribution < -0.4 is 0 Å². The molecule has 0 radical (unpaired) electrons. The van der Waals surface area contributed by atoms with Crippen LogP contribution in [0, 0.1) is 17.8 Å². The molecule has 1 fully saturated rings. The molecule has 1 saturated carbocycles. The largest absolute Gasteiger partial charge is 0.396 e. The van der Waals surface area contributed by atoms with Crippen LogP contribution in [0.25, 0.3) is 0 Å². The van der Waals surface area contributed by atoms with E-state index in [2.05, 4.69) is 6.92 Å². The summed E-state index contributed by atoms with van der Waals surface area (Å²) >= 11 is 0. The Hall–Kier alpha value is -0.0800. The predicted octanol–water partition coefficient (Wildman–Crippen LogP) is 1.41. The lowest BCUT2D eigenvalue weighted by molar-refractivity contribution is 0.0793. The molecule has 12 heavy (non-hydrogen) atoms. The van der Waals surface area contributed by atoms with Crippen molar-refractivity contribution in [3.63, 3.8) is 0 Å². The Morgan fingerprint density at radius 3 is 2.33 bits per heavy atom.